The molecule has 7 nitrogen and oxygen atoms in total. The molecule has 0 radical (unpaired) electrons. The molecule has 0 aliphatic carbocycles. The van der Waals surface area contributed by atoms with E-state index in [0.29, 0.717) is 5.69 Å². The number of esters is 1. The smallest absolute Gasteiger partial charge is 0.311 e. The van der Waals surface area contributed by atoms with Crippen molar-refractivity contribution in [3.8, 4) is 0 Å². The molecule has 1 saturated heterocycles. The van der Waals surface area contributed by atoms with Crippen molar-refractivity contribution in [3.05, 3.63) is 53.3 Å². The molecule has 2 amide bonds. The molecule has 1 aromatic heterocycles. The third-order valence-electron chi connectivity index (χ3n) is 4.18. The number of amides is 2. The van der Waals surface area contributed by atoms with Crippen molar-refractivity contribution in [2.24, 2.45) is 5.92 Å². The van der Waals surface area contributed by atoms with Crippen LogP contribution >= 0.6 is 11.6 Å². The van der Waals surface area contributed by atoms with Crippen LogP contribution < -0.4 is 10.2 Å². The molecule has 0 unspecified atom stereocenters. The number of carbonyl (C=O) groups is 3. The van der Waals surface area contributed by atoms with Crippen LogP contribution in [0.1, 0.15) is 12.0 Å². The Bertz CT molecular complexity index is 870. The zero-order valence-corrected chi connectivity index (χ0v) is 15.4. The van der Waals surface area contributed by atoms with Crippen LogP contribution in [0.5, 0.6) is 0 Å². The predicted octanol–water partition coefficient (Wildman–Crippen LogP) is 2.58. The van der Waals surface area contributed by atoms with Gasteiger partial charge < -0.3 is 15.0 Å². The monoisotopic (exact) mass is 387 g/mol. The first kappa shape index (κ1) is 18.8. The first-order valence-electron chi connectivity index (χ1n) is 8.38. The molecule has 1 aromatic carbocycles. The Morgan fingerprint density at radius 2 is 2.04 bits per heavy atom. The lowest BCUT2D eigenvalue weighted by Gasteiger charge is -2.16. The van der Waals surface area contributed by atoms with Crippen LogP contribution in [0.2, 0.25) is 5.15 Å². The number of aromatic nitrogens is 1. The minimum Gasteiger partial charge on any atom is -0.455 e. The van der Waals surface area contributed by atoms with E-state index in [2.05, 4.69) is 10.3 Å². The highest BCUT2D eigenvalue weighted by atomic mass is 35.5. The summed E-state index contributed by atoms with van der Waals surface area (Å²) in [6.45, 7) is 1.73. The Morgan fingerprint density at radius 1 is 1.30 bits per heavy atom. The topological polar surface area (TPSA) is 88.6 Å². The first-order valence-corrected chi connectivity index (χ1v) is 8.76. The second-order valence-electron chi connectivity index (χ2n) is 6.24. The van der Waals surface area contributed by atoms with Gasteiger partial charge in [0.15, 0.2) is 11.8 Å². The normalized spacial score (nSPS) is 16.3. The van der Waals surface area contributed by atoms with Gasteiger partial charge in [-0.05, 0) is 31.2 Å². The van der Waals surface area contributed by atoms with Crippen LogP contribution in [0.3, 0.4) is 0 Å². The van der Waals surface area contributed by atoms with Crippen molar-refractivity contribution in [2.45, 2.75) is 13.3 Å². The molecule has 1 aliphatic heterocycles. The number of rotatable bonds is 5. The maximum absolute atomic E-state index is 12.2. The molecule has 1 N–H and O–H groups in total. The number of carbonyl (C=O) groups excluding carboxylic acids is 3. The Balaban J connectivity index is 1.53. The van der Waals surface area contributed by atoms with Crippen molar-refractivity contribution >= 4 is 40.8 Å². The summed E-state index contributed by atoms with van der Waals surface area (Å²) in [6, 6.07) is 10.7. The van der Waals surface area contributed by atoms with Gasteiger partial charge in [0.1, 0.15) is 0 Å². The molecule has 1 aliphatic rings. The zero-order chi connectivity index (χ0) is 19.4. The number of pyridine rings is 1. The van der Waals surface area contributed by atoms with E-state index in [1.165, 1.54) is 6.20 Å². The molecule has 140 valence electrons. The summed E-state index contributed by atoms with van der Waals surface area (Å²) in [6.07, 6.45) is 1.55. The molecule has 1 fully saturated rings. The fourth-order valence-electron chi connectivity index (χ4n) is 2.76. The van der Waals surface area contributed by atoms with Crippen LogP contribution in [-0.4, -0.2) is 35.9 Å². The number of aryl methyl sites for hydroxylation is 1. The summed E-state index contributed by atoms with van der Waals surface area (Å²) >= 11 is 5.86. The molecule has 3 rings (SSSR count). The number of halogens is 1. The van der Waals surface area contributed by atoms with Gasteiger partial charge in [-0.3, -0.25) is 14.4 Å². The van der Waals surface area contributed by atoms with Gasteiger partial charge in [-0.2, -0.15) is 0 Å². The number of nitrogens with zero attached hydrogens (tertiary/aromatic N) is 2. The van der Waals surface area contributed by atoms with Crippen molar-refractivity contribution in [3.63, 3.8) is 0 Å². The van der Waals surface area contributed by atoms with Gasteiger partial charge in [0, 0.05) is 24.8 Å². The van der Waals surface area contributed by atoms with Crippen LogP contribution in [-0.2, 0) is 19.1 Å². The Kier molecular flexibility index (Phi) is 5.71. The van der Waals surface area contributed by atoms with Crippen molar-refractivity contribution in [2.75, 3.05) is 23.4 Å². The molecular weight excluding hydrogens is 370 g/mol. The first-order chi connectivity index (χ1) is 12.9. The molecule has 2 aromatic rings. The van der Waals surface area contributed by atoms with Crippen LogP contribution in [0, 0.1) is 12.8 Å². The van der Waals surface area contributed by atoms with E-state index in [0.717, 1.165) is 11.3 Å². The van der Waals surface area contributed by atoms with E-state index >= 15 is 0 Å². The SMILES string of the molecule is Cc1ccc(N2C[C@@H](C(=O)OCC(=O)Nc3cccnc3Cl)CC2=O)cc1. The number of hydrogen-bond donors (Lipinski definition) is 1. The highest BCUT2D eigenvalue weighted by molar-refractivity contribution is 6.32. The average molecular weight is 388 g/mol. The number of ether oxygens (including phenoxy) is 1. The second kappa shape index (κ2) is 8.18. The summed E-state index contributed by atoms with van der Waals surface area (Å²) in [7, 11) is 0. The summed E-state index contributed by atoms with van der Waals surface area (Å²) in [4.78, 5) is 41.7. The summed E-state index contributed by atoms with van der Waals surface area (Å²) < 4.78 is 5.06. The van der Waals surface area contributed by atoms with Gasteiger partial charge in [-0.15, -0.1) is 0 Å². The number of anilines is 2. The maximum Gasteiger partial charge on any atom is 0.311 e. The van der Waals surface area contributed by atoms with Gasteiger partial charge in [0.05, 0.1) is 11.6 Å². The lowest BCUT2D eigenvalue weighted by molar-refractivity contribution is -0.151. The molecule has 2 heterocycles. The van der Waals surface area contributed by atoms with Crippen LogP contribution in [0.15, 0.2) is 42.6 Å². The van der Waals surface area contributed by atoms with E-state index < -0.39 is 24.4 Å². The largest absolute Gasteiger partial charge is 0.455 e. The zero-order valence-electron chi connectivity index (χ0n) is 14.6. The van der Waals surface area contributed by atoms with E-state index in [1.54, 1.807) is 17.0 Å². The van der Waals surface area contributed by atoms with Crippen molar-refractivity contribution in [1.29, 1.82) is 0 Å². The minimum atomic E-state index is -0.603. The van der Waals surface area contributed by atoms with E-state index in [1.807, 2.05) is 31.2 Å². The van der Waals surface area contributed by atoms with E-state index in [4.69, 9.17) is 16.3 Å². The summed E-state index contributed by atoms with van der Waals surface area (Å²) in [5.41, 5.74) is 2.16. The highest BCUT2D eigenvalue weighted by Crippen LogP contribution is 2.26. The molecule has 0 spiro atoms. The van der Waals surface area contributed by atoms with E-state index in [9.17, 15) is 14.4 Å². The lowest BCUT2D eigenvalue weighted by Crippen LogP contribution is -2.28. The molecule has 27 heavy (non-hydrogen) atoms. The Labute approximate surface area is 161 Å². The Hall–Kier alpha value is -2.93. The molecule has 0 bridgehead atoms. The third-order valence-corrected chi connectivity index (χ3v) is 4.48. The number of benzene rings is 1. The van der Waals surface area contributed by atoms with Gasteiger partial charge in [-0.25, -0.2) is 4.98 Å². The highest BCUT2D eigenvalue weighted by Gasteiger charge is 2.36. The molecule has 1 atom stereocenters. The Morgan fingerprint density at radius 3 is 2.74 bits per heavy atom. The van der Waals surface area contributed by atoms with Gasteiger partial charge in [-0.1, -0.05) is 29.3 Å². The molecular formula is C19H18ClN3O4. The quantitative estimate of drug-likeness (QED) is 0.629. The average Bonchev–Trinajstić information content (AvgIpc) is 3.04. The standard InChI is InChI=1S/C19H18ClN3O4/c1-12-4-6-14(7-5-12)23-10-13(9-17(23)25)19(26)27-11-16(24)22-15-3-2-8-21-18(15)20/h2-8,13H,9-11H2,1H3,(H,22,24)/t13-/m0/s1. The second-order valence-corrected chi connectivity index (χ2v) is 6.60. The fourth-order valence-corrected chi connectivity index (χ4v) is 2.93. The van der Waals surface area contributed by atoms with Crippen molar-refractivity contribution < 1.29 is 19.1 Å². The molecule has 0 saturated carbocycles. The summed E-state index contributed by atoms with van der Waals surface area (Å²) in [5.74, 6) is -1.86. The number of hydrogen-bond acceptors (Lipinski definition) is 5. The van der Waals surface area contributed by atoms with Crippen LogP contribution in [0.25, 0.3) is 0 Å². The number of nitrogens with one attached hydrogen (secondary N) is 1. The molecule has 8 heteroatoms. The van der Waals surface area contributed by atoms with E-state index in [-0.39, 0.29) is 24.0 Å². The fraction of sp³-hybridized carbons (Fsp3) is 0.263. The minimum absolute atomic E-state index is 0.0583. The van der Waals surface area contributed by atoms with Crippen LogP contribution in [0.4, 0.5) is 11.4 Å². The van der Waals surface area contributed by atoms with Gasteiger partial charge >= 0.3 is 5.97 Å². The van der Waals surface area contributed by atoms with Crippen molar-refractivity contribution in [1.82, 2.24) is 4.98 Å². The lowest BCUT2D eigenvalue weighted by atomic mass is 10.1. The van der Waals surface area contributed by atoms with Gasteiger partial charge in [0.25, 0.3) is 5.91 Å². The van der Waals surface area contributed by atoms with Gasteiger partial charge in [0.2, 0.25) is 5.91 Å². The third kappa shape index (κ3) is 4.62. The predicted molar refractivity (Wildman–Crippen MR) is 100 cm³/mol. The summed E-state index contributed by atoms with van der Waals surface area (Å²) in [5, 5.41) is 2.66. The maximum atomic E-state index is 12.2.